The first kappa shape index (κ1) is 14.1. The molecule has 0 bridgehead atoms. The molecule has 110 valence electrons. The number of benzene rings is 1. The van der Waals surface area contributed by atoms with E-state index in [0.717, 1.165) is 26.2 Å². The lowest BCUT2D eigenvalue weighted by Gasteiger charge is -2.43. The van der Waals surface area contributed by atoms with Crippen LogP contribution in [0, 0.1) is 0 Å². The summed E-state index contributed by atoms with van der Waals surface area (Å²) in [5.74, 6) is 0. The van der Waals surface area contributed by atoms with E-state index >= 15 is 0 Å². The largest absolute Gasteiger partial charge is 0.380 e. The SMILES string of the molecule is CCC1CN(C2CCOC2)C(Cc2ccccc2)CN1. The Bertz CT molecular complexity index is 403. The fourth-order valence-corrected chi connectivity index (χ4v) is 3.47. The Hall–Kier alpha value is -0.900. The van der Waals surface area contributed by atoms with E-state index in [2.05, 4.69) is 47.5 Å². The molecule has 1 N–H and O–H groups in total. The summed E-state index contributed by atoms with van der Waals surface area (Å²) in [6, 6.07) is 12.7. The highest BCUT2D eigenvalue weighted by Gasteiger charge is 2.33. The maximum absolute atomic E-state index is 5.62. The molecule has 2 aliphatic heterocycles. The first-order valence-corrected chi connectivity index (χ1v) is 7.97. The van der Waals surface area contributed by atoms with E-state index in [1.54, 1.807) is 0 Å². The summed E-state index contributed by atoms with van der Waals surface area (Å²) in [5, 5.41) is 3.71. The van der Waals surface area contributed by atoms with Crippen LogP contribution in [0.3, 0.4) is 0 Å². The number of piperazine rings is 1. The van der Waals surface area contributed by atoms with Gasteiger partial charge < -0.3 is 10.1 Å². The third-order valence-electron chi connectivity index (χ3n) is 4.72. The van der Waals surface area contributed by atoms with Crippen molar-refractivity contribution >= 4 is 0 Å². The maximum atomic E-state index is 5.62. The Morgan fingerprint density at radius 2 is 2.15 bits per heavy atom. The highest BCUT2D eigenvalue weighted by molar-refractivity contribution is 5.16. The van der Waals surface area contributed by atoms with Gasteiger partial charge in [0.25, 0.3) is 0 Å². The molecule has 0 aromatic heterocycles. The minimum absolute atomic E-state index is 0.604. The predicted octanol–water partition coefficient (Wildman–Crippen LogP) is 2.07. The van der Waals surface area contributed by atoms with Gasteiger partial charge in [0.05, 0.1) is 6.61 Å². The lowest BCUT2D eigenvalue weighted by atomic mass is 9.98. The number of nitrogens with zero attached hydrogens (tertiary/aromatic N) is 1. The van der Waals surface area contributed by atoms with Crippen molar-refractivity contribution in [2.75, 3.05) is 26.3 Å². The second-order valence-corrected chi connectivity index (χ2v) is 6.07. The van der Waals surface area contributed by atoms with Crippen LogP contribution in [0.15, 0.2) is 30.3 Å². The molecular formula is C17H26N2O. The first-order chi connectivity index (χ1) is 9.86. The van der Waals surface area contributed by atoms with Crippen LogP contribution in [0.2, 0.25) is 0 Å². The molecule has 2 saturated heterocycles. The predicted molar refractivity (Wildman–Crippen MR) is 81.9 cm³/mol. The van der Waals surface area contributed by atoms with Gasteiger partial charge >= 0.3 is 0 Å². The Balaban J connectivity index is 1.69. The topological polar surface area (TPSA) is 24.5 Å². The molecule has 0 radical (unpaired) electrons. The van der Waals surface area contributed by atoms with Gasteiger partial charge in [-0.25, -0.2) is 0 Å². The van der Waals surface area contributed by atoms with Gasteiger partial charge in [0.15, 0.2) is 0 Å². The fraction of sp³-hybridized carbons (Fsp3) is 0.647. The van der Waals surface area contributed by atoms with Crippen LogP contribution >= 0.6 is 0 Å². The van der Waals surface area contributed by atoms with Crippen molar-refractivity contribution in [3.63, 3.8) is 0 Å². The number of nitrogens with one attached hydrogen (secondary N) is 1. The zero-order chi connectivity index (χ0) is 13.8. The number of hydrogen-bond acceptors (Lipinski definition) is 3. The van der Waals surface area contributed by atoms with Crippen molar-refractivity contribution in [1.29, 1.82) is 0 Å². The average molecular weight is 274 g/mol. The number of ether oxygens (including phenoxy) is 1. The van der Waals surface area contributed by atoms with Gasteiger partial charge in [-0.15, -0.1) is 0 Å². The van der Waals surface area contributed by atoms with Crippen LogP contribution in [-0.2, 0) is 11.2 Å². The fourth-order valence-electron chi connectivity index (χ4n) is 3.47. The minimum Gasteiger partial charge on any atom is -0.380 e. The highest BCUT2D eigenvalue weighted by Crippen LogP contribution is 2.21. The standard InChI is InChI=1S/C17H26N2O/c1-2-15-12-19(16-8-9-20-13-16)17(11-18-15)10-14-6-4-3-5-7-14/h3-7,15-18H,2,8-13H2,1H3. The Labute approximate surface area is 122 Å². The zero-order valence-electron chi connectivity index (χ0n) is 12.4. The molecule has 1 aromatic rings. The summed E-state index contributed by atoms with van der Waals surface area (Å²) >= 11 is 0. The maximum Gasteiger partial charge on any atom is 0.0622 e. The first-order valence-electron chi connectivity index (χ1n) is 7.97. The molecule has 3 nitrogen and oxygen atoms in total. The molecule has 3 heteroatoms. The second-order valence-electron chi connectivity index (χ2n) is 6.07. The third kappa shape index (κ3) is 3.22. The quantitative estimate of drug-likeness (QED) is 0.909. The van der Waals surface area contributed by atoms with Gasteiger partial charge in [-0.2, -0.15) is 0 Å². The average Bonchev–Trinajstić information content (AvgIpc) is 3.03. The summed E-state index contributed by atoms with van der Waals surface area (Å²) in [7, 11) is 0. The van der Waals surface area contributed by atoms with E-state index in [1.165, 1.54) is 24.9 Å². The van der Waals surface area contributed by atoms with Gasteiger partial charge in [-0.05, 0) is 24.8 Å². The van der Waals surface area contributed by atoms with Gasteiger partial charge in [-0.1, -0.05) is 37.3 Å². The monoisotopic (exact) mass is 274 g/mol. The minimum atomic E-state index is 0.604. The molecule has 3 atom stereocenters. The van der Waals surface area contributed by atoms with Crippen molar-refractivity contribution in [3.8, 4) is 0 Å². The van der Waals surface area contributed by atoms with Crippen LogP contribution in [-0.4, -0.2) is 49.3 Å². The molecule has 20 heavy (non-hydrogen) atoms. The third-order valence-corrected chi connectivity index (χ3v) is 4.72. The Kier molecular flexibility index (Phi) is 4.71. The molecule has 2 aliphatic rings. The Morgan fingerprint density at radius 1 is 1.30 bits per heavy atom. The lowest BCUT2D eigenvalue weighted by Crippen LogP contribution is -2.60. The molecule has 2 fully saturated rings. The van der Waals surface area contributed by atoms with Crippen molar-refractivity contribution in [1.82, 2.24) is 10.2 Å². The molecular weight excluding hydrogens is 248 g/mol. The molecule has 3 unspecified atom stereocenters. The molecule has 2 heterocycles. The molecule has 0 spiro atoms. The molecule has 3 rings (SSSR count). The normalized spacial score (nSPS) is 31.6. The van der Waals surface area contributed by atoms with Crippen LogP contribution in [0.4, 0.5) is 0 Å². The zero-order valence-corrected chi connectivity index (χ0v) is 12.4. The lowest BCUT2D eigenvalue weighted by molar-refractivity contribution is 0.0690. The van der Waals surface area contributed by atoms with Crippen LogP contribution < -0.4 is 5.32 Å². The van der Waals surface area contributed by atoms with E-state index in [1.807, 2.05) is 0 Å². The number of hydrogen-bond donors (Lipinski definition) is 1. The summed E-state index contributed by atoms with van der Waals surface area (Å²) in [6.07, 6.45) is 3.55. The molecule has 1 aromatic carbocycles. The van der Waals surface area contributed by atoms with E-state index in [9.17, 15) is 0 Å². The summed E-state index contributed by atoms with van der Waals surface area (Å²) in [4.78, 5) is 2.71. The van der Waals surface area contributed by atoms with Crippen molar-refractivity contribution in [2.45, 2.75) is 44.3 Å². The van der Waals surface area contributed by atoms with Crippen LogP contribution in [0.25, 0.3) is 0 Å². The van der Waals surface area contributed by atoms with Crippen LogP contribution in [0.1, 0.15) is 25.3 Å². The van der Waals surface area contributed by atoms with E-state index in [0.29, 0.717) is 18.1 Å². The summed E-state index contributed by atoms with van der Waals surface area (Å²) in [5.41, 5.74) is 1.44. The van der Waals surface area contributed by atoms with E-state index in [4.69, 9.17) is 4.74 Å². The van der Waals surface area contributed by atoms with Gasteiger partial charge in [-0.3, -0.25) is 4.90 Å². The van der Waals surface area contributed by atoms with Crippen LogP contribution in [0.5, 0.6) is 0 Å². The molecule has 0 saturated carbocycles. The number of rotatable bonds is 4. The summed E-state index contributed by atoms with van der Waals surface area (Å²) in [6.45, 7) is 6.40. The summed E-state index contributed by atoms with van der Waals surface area (Å²) < 4.78 is 5.62. The highest BCUT2D eigenvalue weighted by atomic mass is 16.5. The van der Waals surface area contributed by atoms with Crippen molar-refractivity contribution in [2.24, 2.45) is 0 Å². The van der Waals surface area contributed by atoms with E-state index < -0.39 is 0 Å². The van der Waals surface area contributed by atoms with Crippen molar-refractivity contribution < 1.29 is 4.74 Å². The molecule has 0 aliphatic carbocycles. The smallest absolute Gasteiger partial charge is 0.0622 e. The molecule has 0 amide bonds. The van der Waals surface area contributed by atoms with Gasteiger partial charge in [0.1, 0.15) is 0 Å². The second kappa shape index (κ2) is 6.70. The van der Waals surface area contributed by atoms with E-state index in [-0.39, 0.29) is 0 Å². The van der Waals surface area contributed by atoms with Crippen molar-refractivity contribution in [3.05, 3.63) is 35.9 Å². The van der Waals surface area contributed by atoms with Gasteiger partial charge in [0, 0.05) is 37.8 Å². The van der Waals surface area contributed by atoms with Gasteiger partial charge in [0.2, 0.25) is 0 Å². The Morgan fingerprint density at radius 3 is 2.85 bits per heavy atom.